The maximum absolute atomic E-state index is 12.5. The maximum atomic E-state index is 12.5. The number of nitrogens with one attached hydrogen (secondary N) is 1. The van der Waals surface area contributed by atoms with E-state index >= 15 is 0 Å². The highest BCUT2D eigenvalue weighted by Gasteiger charge is 2.38. The van der Waals surface area contributed by atoms with Gasteiger partial charge in [-0.2, -0.15) is 0 Å². The number of amides is 2. The zero-order valence-corrected chi connectivity index (χ0v) is 14.3. The molecule has 0 radical (unpaired) electrons. The van der Waals surface area contributed by atoms with Crippen LogP contribution in [0.3, 0.4) is 0 Å². The number of hydrazine groups is 1. The SMILES string of the molecule is CCOC(=O)C(Cc1ccc(N)cc1)NN1C(=O)c2ccccc2C1=O. The van der Waals surface area contributed by atoms with E-state index in [2.05, 4.69) is 5.43 Å². The quantitative estimate of drug-likeness (QED) is 0.464. The molecule has 2 amide bonds. The summed E-state index contributed by atoms with van der Waals surface area (Å²) in [6.45, 7) is 1.89. The molecular formula is C19H19N3O4. The fourth-order valence-corrected chi connectivity index (χ4v) is 2.78. The topological polar surface area (TPSA) is 102 Å². The minimum Gasteiger partial charge on any atom is -0.465 e. The third-order valence-corrected chi connectivity index (χ3v) is 4.07. The predicted molar refractivity (Wildman–Crippen MR) is 95.1 cm³/mol. The second-order valence-corrected chi connectivity index (χ2v) is 5.87. The minimum atomic E-state index is -0.888. The number of hydrogen-bond donors (Lipinski definition) is 2. The van der Waals surface area contributed by atoms with Crippen molar-refractivity contribution in [2.45, 2.75) is 19.4 Å². The highest BCUT2D eigenvalue weighted by molar-refractivity contribution is 6.21. The van der Waals surface area contributed by atoms with Crippen LogP contribution < -0.4 is 11.2 Å². The van der Waals surface area contributed by atoms with Gasteiger partial charge in [-0.3, -0.25) is 14.4 Å². The number of hydrogen-bond acceptors (Lipinski definition) is 6. The molecule has 0 fully saturated rings. The van der Waals surface area contributed by atoms with Gasteiger partial charge in [-0.1, -0.05) is 24.3 Å². The maximum Gasteiger partial charge on any atom is 0.325 e. The molecule has 2 aromatic carbocycles. The van der Waals surface area contributed by atoms with Gasteiger partial charge >= 0.3 is 5.97 Å². The van der Waals surface area contributed by atoms with E-state index in [4.69, 9.17) is 10.5 Å². The van der Waals surface area contributed by atoms with E-state index in [0.717, 1.165) is 10.6 Å². The third-order valence-electron chi connectivity index (χ3n) is 4.07. The van der Waals surface area contributed by atoms with E-state index in [1.807, 2.05) is 0 Å². The van der Waals surface area contributed by atoms with Gasteiger partial charge in [0.25, 0.3) is 11.8 Å². The van der Waals surface area contributed by atoms with Gasteiger partial charge in [-0.15, -0.1) is 0 Å². The zero-order chi connectivity index (χ0) is 18.7. The molecule has 0 saturated carbocycles. The van der Waals surface area contributed by atoms with E-state index < -0.39 is 23.8 Å². The molecule has 1 aliphatic heterocycles. The van der Waals surface area contributed by atoms with Crippen molar-refractivity contribution in [1.29, 1.82) is 0 Å². The van der Waals surface area contributed by atoms with Crippen molar-refractivity contribution in [2.24, 2.45) is 0 Å². The Bertz CT molecular complexity index is 813. The van der Waals surface area contributed by atoms with E-state index in [1.54, 1.807) is 55.5 Å². The fraction of sp³-hybridized carbons (Fsp3) is 0.211. The van der Waals surface area contributed by atoms with Crippen LogP contribution in [0.2, 0.25) is 0 Å². The summed E-state index contributed by atoms with van der Waals surface area (Å²) in [5, 5.41) is 0.879. The molecule has 26 heavy (non-hydrogen) atoms. The Labute approximate surface area is 150 Å². The molecule has 1 atom stereocenters. The number of nitrogens with two attached hydrogens (primary N) is 1. The van der Waals surface area contributed by atoms with Crippen molar-refractivity contribution in [3.05, 3.63) is 65.2 Å². The van der Waals surface area contributed by atoms with E-state index in [-0.39, 0.29) is 13.0 Å². The zero-order valence-electron chi connectivity index (χ0n) is 14.3. The number of nitrogens with zero attached hydrogens (tertiary/aromatic N) is 1. The number of ether oxygens (including phenoxy) is 1. The molecule has 0 aliphatic carbocycles. The van der Waals surface area contributed by atoms with E-state index in [0.29, 0.717) is 16.8 Å². The van der Waals surface area contributed by atoms with Gasteiger partial charge in [0.15, 0.2) is 0 Å². The van der Waals surface area contributed by atoms with Gasteiger partial charge < -0.3 is 10.5 Å². The van der Waals surface area contributed by atoms with Crippen LogP contribution in [-0.4, -0.2) is 35.4 Å². The van der Waals surface area contributed by atoms with Crippen molar-refractivity contribution in [2.75, 3.05) is 12.3 Å². The number of anilines is 1. The largest absolute Gasteiger partial charge is 0.465 e. The van der Waals surface area contributed by atoms with Crippen molar-refractivity contribution in [1.82, 2.24) is 10.4 Å². The van der Waals surface area contributed by atoms with Crippen LogP contribution >= 0.6 is 0 Å². The molecule has 0 spiro atoms. The lowest BCUT2D eigenvalue weighted by atomic mass is 10.1. The highest BCUT2D eigenvalue weighted by Crippen LogP contribution is 2.21. The second-order valence-electron chi connectivity index (χ2n) is 5.87. The van der Waals surface area contributed by atoms with Gasteiger partial charge in [0.1, 0.15) is 6.04 Å². The summed E-state index contributed by atoms with van der Waals surface area (Å²) >= 11 is 0. The summed E-state index contributed by atoms with van der Waals surface area (Å²) in [7, 11) is 0. The smallest absolute Gasteiger partial charge is 0.325 e. The molecule has 2 aromatic rings. The number of esters is 1. The number of carbonyl (C=O) groups is 3. The number of rotatable bonds is 6. The van der Waals surface area contributed by atoms with Gasteiger partial charge in [0.2, 0.25) is 0 Å². The summed E-state index contributed by atoms with van der Waals surface area (Å²) < 4.78 is 5.08. The Morgan fingerprint density at radius 2 is 1.65 bits per heavy atom. The molecule has 134 valence electrons. The van der Waals surface area contributed by atoms with Crippen LogP contribution in [0, 0.1) is 0 Å². The van der Waals surface area contributed by atoms with Crippen LogP contribution in [0.15, 0.2) is 48.5 Å². The summed E-state index contributed by atoms with van der Waals surface area (Å²) in [4.78, 5) is 37.3. The summed E-state index contributed by atoms with van der Waals surface area (Å²) in [6.07, 6.45) is 0.243. The normalized spacial score (nSPS) is 14.3. The van der Waals surface area contributed by atoms with Gasteiger partial charge in [0.05, 0.1) is 17.7 Å². The Morgan fingerprint density at radius 1 is 1.08 bits per heavy atom. The van der Waals surface area contributed by atoms with Crippen LogP contribution in [0.25, 0.3) is 0 Å². The van der Waals surface area contributed by atoms with Crippen molar-refractivity contribution < 1.29 is 19.1 Å². The number of benzene rings is 2. The lowest BCUT2D eigenvalue weighted by molar-refractivity contribution is -0.146. The van der Waals surface area contributed by atoms with Crippen molar-refractivity contribution in [3.8, 4) is 0 Å². The first-order valence-corrected chi connectivity index (χ1v) is 8.26. The molecular weight excluding hydrogens is 334 g/mol. The van der Waals surface area contributed by atoms with Crippen molar-refractivity contribution >= 4 is 23.5 Å². The third kappa shape index (κ3) is 3.43. The first-order valence-electron chi connectivity index (χ1n) is 8.26. The molecule has 3 N–H and O–H groups in total. The number of fused-ring (bicyclic) bond motifs is 1. The summed E-state index contributed by atoms with van der Waals surface area (Å²) in [5.41, 5.74) is 10.5. The fourth-order valence-electron chi connectivity index (χ4n) is 2.78. The molecule has 1 heterocycles. The van der Waals surface area contributed by atoms with Crippen LogP contribution in [-0.2, 0) is 16.0 Å². The Balaban J connectivity index is 1.82. The lowest BCUT2D eigenvalue weighted by Crippen LogP contribution is -2.52. The van der Waals surface area contributed by atoms with Crippen LogP contribution in [0.5, 0.6) is 0 Å². The number of imide groups is 1. The van der Waals surface area contributed by atoms with Crippen LogP contribution in [0.1, 0.15) is 33.2 Å². The molecule has 7 nitrogen and oxygen atoms in total. The van der Waals surface area contributed by atoms with Gasteiger partial charge in [-0.25, -0.2) is 10.4 Å². The van der Waals surface area contributed by atoms with Gasteiger partial charge in [-0.05, 0) is 36.8 Å². The molecule has 1 unspecified atom stereocenters. The van der Waals surface area contributed by atoms with E-state index in [9.17, 15) is 14.4 Å². The minimum absolute atomic E-state index is 0.195. The first kappa shape index (κ1) is 17.6. The molecule has 0 aromatic heterocycles. The Kier molecular flexibility index (Phi) is 4.99. The monoisotopic (exact) mass is 353 g/mol. The molecule has 3 rings (SSSR count). The van der Waals surface area contributed by atoms with Crippen LogP contribution in [0.4, 0.5) is 5.69 Å². The Morgan fingerprint density at radius 3 is 2.19 bits per heavy atom. The summed E-state index contributed by atoms with van der Waals surface area (Å²) in [5.74, 6) is -1.52. The highest BCUT2D eigenvalue weighted by atomic mass is 16.5. The van der Waals surface area contributed by atoms with Gasteiger partial charge in [0, 0.05) is 12.1 Å². The average Bonchev–Trinajstić information content (AvgIpc) is 2.88. The first-order chi connectivity index (χ1) is 12.5. The van der Waals surface area contributed by atoms with E-state index in [1.165, 1.54) is 0 Å². The summed E-state index contributed by atoms with van der Waals surface area (Å²) in [6, 6.07) is 12.7. The molecule has 0 bridgehead atoms. The second kappa shape index (κ2) is 7.37. The number of nitrogen functional groups attached to an aromatic ring is 1. The predicted octanol–water partition coefficient (Wildman–Crippen LogP) is 1.54. The molecule has 7 heteroatoms. The Hall–Kier alpha value is -3.19. The standard InChI is InChI=1S/C19H19N3O4/c1-2-26-19(25)16(11-12-7-9-13(20)10-8-12)21-22-17(23)14-5-3-4-6-15(14)18(22)24/h3-10,16,21H,2,11,20H2,1H3. The lowest BCUT2D eigenvalue weighted by Gasteiger charge is -2.23. The van der Waals surface area contributed by atoms with Crippen molar-refractivity contribution in [3.63, 3.8) is 0 Å². The molecule has 1 aliphatic rings. The number of carbonyl (C=O) groups excluding carboxylic acids is 3. The average molecular weight is 353 g/mol. The molecule has 0 saturated heterocycles.